The zero-order valence-electron chi connectivity index (χ0n) is 14.8. The summed E-state index contributed by atoms with van der Waals surface area (Å²) >= 11 is 0. The molecule has 1 amide bonds. The van der Waals surface area contributed by atoms with Crippen LogP contribution < -0.4 is 4.90 Å². The molecule has 1 aliphatic heterocycles. The quantitative estimate of drug-likeness (QED) is 0.683. The van der Waals surface area contributed by atoms with Gasteiger partial charge in [0.05, 0.1) is 5.56 Å². The summed E-state index contributed by atoms with van der Waals surface area (Å²) < 4.78 is 7.23. The summed E-state index contributed by atoms with van der Waals surface area (Å²) in [6, 6.07) is 15.5. The molecule has 0 fully saturated rings. The van der Waals surface area contributed by atoms with Crippen LogP contribution in [-0.4, -0.2) is 29.1 Å². The molecule has 2 aromatic carbocycles. The van der Waals surface area contributed by atoms with Gasteiger partial charge in [-0.25, -0.2) is 4.79 Å². The van der Waals surface area contributed by atoms with E-state index in [0.29, 0.717) is 5.56 Å². The van der Waals surface area contributed by atoms with E-state index in [9.17, 15) is 9.59 Å². The topological polar surface area (TPSA) is 51.5 Å². The molecule has 0 saturated heterocycles. The number of esters is 1. The third-order valence-corrected chi connectivity index (χ3v) is 4.92. The molecule has 0 unspecified atom stereocenters. The van der Waals surface area contributed by atoms with Crippen LogP contribution in [0, 0.1) is 0 Å². The Labute approximate surface area is 151 Å². The Balaban J connectivity index is 1.50. The number of amides is 1. The van der Waals surface area contributed by atoms with Crippen LogP contribution in [0.3, 0.4) is 0 Å². The number of nitrogens with zero attached hydrogens (tertiary/aromatic N) is 2. The van der Waals surface area contributed by atoms with E-state index in [4.69, 9.17) is 4.74 Å². The molecule has 1 aromatic heterocycles. The lowest BCUT2D eigenvalue weighted by Crippen LogP contribution is -2.38. The van der Waals surface area contributed by atoms with Gasteiger partial charge in [0.1, 0.15) is 0 Å². The van der Waals surface area contributed by atoms with Gasteiger partial charge in [0.2, 0.25) is 0 Å². The van der Waals surface area contributed by atoms with E-state index in [1.54, 1.807) is 11.1 Å². The molecule has 5 heteroatoms. The number of para-hydroxylation sites is 2. The monoisotopic (exact) mass is 348 g/mol. The standard InChI is InChI=1S/C21H20N2O3/c1-14-11-15-7-3-5-9-18(15)23(14)20(24)13-26-21(25)17-12-22(2)19-10-6-4-8-16(17)19/h3-10,12,14H,11,13H2,1-2H3/t14-/m0/s1. The van der Waals surface area contributed by atoms with Crippen molar-refractivity contribution in [3.8, 4) is 0 Å². The van der Waals surface area contributed by atoms with Gasteiger partial charge in [0.15, 0.2) is 6.61 Å². The Bertz CT molecular complexity index is 1010. The molecule has 4 rings (SSSR count). The molecular weight excluding hydrogens is 328 g/mol. The Hall–Kier alpha value is -3.08. The van der Waals surface area contributed by atoms with Crippen LogP contribution in [0.25, 0.3) is 10.9 Å². The van der Waals surface area contributed by atoms with Gasteiger partial charge in [0, 0.05) is 35.9 Å². The van der Waals surface area contributed by atoms with Crippen LogP contribution in [-0.2, 0) is 23.0 Å². The molecule has 0 spiro atoms. The Morgan fingerprint density at radius 2 is 1.85 bits per heavy atom. The highest BCUT2D eigenvalue weighted by Crippen LogP contribution is 2.31. The number of carbonyl (C=O) groups is 2. The van der Waals surface area contributed by atoms with Crippen molar-refractivity contribution in [2.45, 2.75) is 19.4 Å². The maximum Gasteiger partial charge on any atom is 0.340 e. The smallest absolute Gasteiger partial charge is 0.340 e. The van der Waals surface area contributed by atoms with Crippen LogP contribution in [0.1, 0.15) is 22.8 Å². The second-order valence-electron chi connectivity index (χ2n) is 6.69. The molecule has 1 atom stereocenters. The summed E-state index contributed by atoms with van der Waals surface area (Å²) in [7, 11) is 1.88. The van der Waals surface area contributed by atoms with E-state index >= 15 is 0 Å². The van der Waals surface area contributed by atoms with Crippen molar-refractivity contribution in [3.05, 3.63) is 65.9 Å². The lowest BCUT2D eigenvalue weighted by atomic mass is 10.1. The molecule has 0 aliphatic carbocycles. The third-order valence-electron chi connectivity index (χ3n) is 4.92. The number of hydrogen-bond donors (Lipinski definition) is 0. The van der Waals surface area contributed by atoms with Crippen molar-refractivity contribution in [2.24, 2.45) is 7.05 Å². The number of rotatable bonds is 3. The van der Waals surface area contributed by atoms with Gasteiger partial charge >= 0.3 is 5.97 Å². The molecule has 3 aromatic rings. The molecule has 0 N–H and O–H groups in total. The highest BCUT2D eigenvalue weighted by Gasteiger charge is 2.31. The molecule has 0 bridgehead atoms. The lowest BCUT2D eigenvalue weighted by molar-refractivity contribution is -0.122. The molecule has 0 radical (unpaired) electrons. The first kappa shape index (κ1) is 16.4. The lowest BCUT2D eigenvalue weighted by Gasteiger charge is -2.22. The summed E-state index contributed by atoms with van der Waals surface area (Å²) in [5.74, 6) is -0.675. The molecule has 132 valence electrons. The summed E-state index contributed by atoms with van der Waals surface area (Å²) in [5, 5.41) is 0.826. The van der Waals surface area contributed by atoms with Crippen molar-refractivity contribution in [3.63, 3.8) is 0 Å². The van der Waals surface area contributed by atoms with E-state index in [-0.39, 0.29) is 18.6 Å². The predicted molar refractivity (Wildman–Crippen MR) is 100 cm³/mol. The number of fused-ring (bicyclic) bond motifs is 2. The number of carbonyl (C=O) groups excluding carboxylic acids is 2. The number of hydrogen-bond acceptors (Lipinski definition) is 3. The first-order valence-corrected chi connectivity index (χ1v) is 8.67. The minimum absolute atomic E-state index is 0.0659. The zero-order chi connectivity index (χ0) is 18.3. The summed E-state index contributed by atoms with van der Waals surface area (Å²) in [5.41, 5.74) is 3.48. The maximum absolute atomic E-state index is 12.7. The van der Waals surface area contributed by atoms with Gasteiger partial charge < -0.3 is 14.2 Å². The van der Waals surface area contributed by atoms with Gasteiger partial charge in [-0.15, -0.1) is 0 Å². The summed E-state index contributed by atoms with van der Waals surface area (Å²) in [6.45, 7) is 1.74. The van der Waals surface area contributed by atoms with Crippen LogP contribution in [0.15, 0.2) is 54.7 Å². The molecule has 1 aliphatic rings. The number of benzene rings is 2. The van der Waals surface area contributed by atoms with Gasteiger partial charge in [-0.2, -0.15) is 0 Å². The Morgan fingerprint density at radius 1 is 1.12 bits per heavy atom. The minimum Gasteiger partial charge on any atom is -0.452 e. The largest absolute Gasteiger partial charge is 0.452 e. The van der Waals surface area contributed by atoms with E-state index in [0.717, 1.165) is 28.6 Å². The second-order valence-corrected chi connectivity index (χ2v) is 6.69. The van der Waals surface area contributed by atoms with Gasteiger partial charge in [-0.05, 0) is 31.0 Å². The fourth-order valence-corrected chi connectivity index (χ4v) is 3.72. The van der Waals surface area contributed by atoms with Crippen LogP contribution >= 0.6 is 0 Å². The zero-order valence-corrected chi connectivity index (χ0v) is 14.8. The van der Waals surface area contributed by atoms with Crippen molar-refractivity contribution in [1.29, 1.82) is 0 Å². The van der Waals surface area contributed by atoms with Gasteiger partial charge in [-0.3, -0.25) is 4.79 Å². The van der Waals surface area contributed by atoms with Crippen LogP contribution in [0.2, 0.25) is 0 Å². The SMILES string of the molecule is C[C@H]1Cc2ccccc2N1C(=O)COC(=O)c1cn(C)c2ccccc12. The van der Waals surface area contributed by atoms with E-state index in [1.165, 1.54) is 0 Å². The van der Waals surface area contributed by atoms with E-state index in [2.05, 4.69) is 0 Å². The molecule has 26 heavy (non-hydrogen) atoms. The molecule has 0 saturated carbocycles. The molecule has 5 nitrogen and oxygen atoms in total. The number of ether oxygens (including phenoxy) is 1. The minimum atomic E-state index is -0.477. The number of anilines is 1. The average molecular weight is 348 g/mol. The van der Waals surface area contributed by atoms with Crippen molar-refractivity contribution in [1.82, 2.24) is 4.57 Å². The fourth-order valence-electron chi connectivity index (χ4n) is 3.72. The first-order chi connectivity index (χ1) is 12.6. The van der Waals surface area contributed by atoms with Crippen molar-refractivity contribution in [2.75, 3.05) is 11.5 Å². The average Bonchev–Trinajstić information content (AvgIpc) is 3.16. The summed E-state index contributed by atoms with van der Waals surface area (Å²) in [6.07, 6.45) is 2.56. The van der Waals surface area contributed by atoms with Gasteiger partial charge in [0.25, 0.3) is 5.91 Å². The number of aryl methyl sites for hydroxylation is 1. The van der Waals surface area contributed by atoms with E-state index < -0.39 is 5.97 Å². The fraction of sp³-hybridized carbons (Fsp3) is 0.238. The Kier molecular flexibility index (Phi) is 3.99. The van der Waals surface area contributed by atoms with Gasteiger partial charge in [-0.1, -0.05) is 36.4 Å². The molecule has 2 heterocycles. The van der Waals surface area contributed by atoms with Crippen molar-refractivity contribution >= 4 is 28.5 Å². The van der Waals surface area contributed by atoms with Crippen LogP contribution in [0.5, 0.6) is 0 Å². The highest BCUT2D eigenvalue weighted by atomic mass is 16.5. The first-order valence-electron chi connectivity index (χ1n) is 8.67. The second kappa shape index (κ2) is 6.33. The van der Waals surface area contributed by atoms with Crippen LogP contribution in [0.4, 0.5) is 5.69 Å². The third kappa shape index (κ3) is 2.65. The van der Waals surface area contributed by atoms with Crippen molar-refractivity contribution < 1.29 is 14.3 Å². The maximum atomic E-state index is 12.7. The predicted octanol–water partition coefficient (Wildman–Crippen LogP) is 3.31. The highest BCUT2D eigenvalue weighted by molar-refractivity contribution is 6.05. The number of aromatic nitrogens is 1. The van der Waals surface area contributed by atoms with E-state index in [1.807, 2.05) is 67.1 Å². The Morgan fingerprint density at radius 3 is 2.69 bits per heavy atom. The molecular formula is C21H20N2O3. The summed E-state index contributed by atoms with van der Waals surface area (Å²) in [4.78, 5) is 26.9. The normalized spacial score (nSPS) is 15.9.